The van der Waals surface area contributed by atoms with E-state index in [-0.39, 0.29) is 10.8 Å². The van der Waals surface area contributed by atoms with Crippen molar-refractivity contribution in [3.8, 4) is 22.3 Å². The summed E-state index contributed by atoms with van der Waals surface area (Å²) in [5.41, 5.74) is 10.2. The van der Waals surface area contributed by atoms with Crippen LogP contribution in [0.3, 0.4) is 0 Å². The van der Waals surface area contributed by atoms with Gasteiger partial charge in [0, 0.05) is 0 Å². The van der Waals surface area contributed by atoms with Gasteiger partial charge in [0.25, 0.3) is 0 Å². The van der Waals surface area contributed by atoms with Crippen molar-refractivity contribution in [2.45, 2.75) is 119 Å². The van der Waals surface area contributed by atoms with E-state index in [9.17, 15) is 0 Å². The minimum Gasteiger partial charge on any atom is -0.0654 e. The summed E-state index contributed by atoms with van der Waals surface area (Å²) in [6, 6.07) is 25.5. The van der Waals surface area contributed by atoms with E-state index in [0.717, 1.165) is 12.3 Å². The van der Waals surface area contributed by atoms with Crippen molar-refractivity contribution in [3.05, 3.63) is 83.4 Å². The normalized spacial score (nSPS) is 13.5. The molecule has 0 N–H and O–H groups in total. The molecule has 3 rings (SSSR count). The molecule has 1 atom stereocenters. The highest BCUT2D eigenvalue weighted by atomic mass is 14.3. The lowest BCUT2D eigenvalue weighted by atomic mass is 9.75. The van der Waals surface area contributed by atoms with Crippen molar-refractivity contribution in [2.24, 2.45) is 11.3 Å². The fourth-order valence-electron chi connectivity index (χ4n) is 5.54. The van der Waals surface area contributed by atoms with Crippen LogP contribution >= 0.6 is 0 Å². The first-order chi connectivity index (χ1) is 17.7. The Bertz CT molecular complexity index is 1130. The van der Waals surface area contributed by atoms with Crippen molar-refractivity contribution < 1.29 is 0 Å². The summed E-state index contributed by atoms with van der Waals surface area (Å²) in [6.45, 7) is 23.5. The molecule has 0 nitrogen and oxygen atoms in total. The molecule has 3 aromatic carbocycles. The minimum absolute atomic E-state index is 0.109. The highest BCUT2D eigenvalue weighted by Crippen LogP contribution is 2.37. The fourth-order valence-corrected chi connectivity index (χ4v) is 5.54. The number of unbranched alkanes of at least 4 members (excludes halogenated alkanes) is 1. The van der Waals surface area contributed by atoms with Crippen LogP contribution in [0.1, 0.15) is 118 Å². The van der Waals surface area contributed by atoms with Crippen LogP contribution in [0.25, 0.3) is 22.3 Å². The van der Waals surface area contributed by atoms with Crippen LogP contribution in [0.4, 0.5) is 0 Å². The third-order valence-corrected chi connectivity index (χ3v) is 8.23. The first-order valence-electron chi connectivity index (χ1n) is 15.0. The van der Waals surface area contributed by atoms with E-state index in [1.165, 1.54) is 71.0 Å². The number of rotatable bonds is 9. The molecule has 0 fully saturated rings. The third-order valence-electron chi connectivity index (χ3n) is 8.23. The van der Waals surface area contributed by atoms with E-state index in [2.05, 4.69) is 136 Å². The van der Waals surface area contributed by atoms with E-state index in [1.54, 1.807) is 0 Å². The molecule has 0 aliphatic rings. The van der Waals surface area contributed by atoms with Gasteiger partial charge in [-0.05, 0) is 86.4 Å². The number of benzene rings is 3. The van der Waals surface area contributed by atoms with Gasteiger partial charge in [0.2, 0.25) is 0 Å². The maximum Gasteiger partial charge on any atom is -0.0132 e. The molecule has 0 heterocycles. The van der Waals surface area contributed by atoms with Gasteiger partial charge in [-0.1, -0.05) is 149 Å². The van der Waals surface area contributed by atoms with Gasteiger partial charge in [-0.15, -0.1) is 0 Å². The average molecular weight is 511 g/mol. The second kappa shape index (κ2) is 12.2. The molecule has 0 radical (unpaired) electrons. The third kappa shape index (κ3) is 8.33. The summed E-state index contributed by atoms with van der Waals surface area (Å²) in [6.07, 6.45) is 7.67. The lowest BCUT2D eigenvalue weighted by Crippen LogP contribution is -2.20. The van der Waals surface area contributed by atoms with E-state index < -0.39 is 0 Å². The maximum atomic E-state index is 2.47. The molecular weight excluding hydrogens is 456 g/mol. The van der Waals surface area contributed by atoms with Crippen LogP contribution in [0, 0.1) is 11.3 Å². The van der Waals surface area contributed by atoms with E-state index >= 15 is 0 Å². The van der Waals surface area contributed by atoms with Crippen LogP contribution in [0.2, 0.25) is 0 Å². The molecule has 0 aliphatic heterocycles. The molecule has 0 saturated carbocycles. The van der Waals surface area contributed by atoms with Gasteiger partial charge in [0.05, 0.1) is 0 Å². The smallest absolute Gasteiger partial charge is 0.0132 e. The SMILES string of the molecule is CCCC(CCCCc1cc(-c2ccccc2)cc(-c2cc(C(C)(C)C)cc(C(C)(C)C)c2)c1)C(C)(C)C. The topological polar surface area (TPSA) is 0 Å². The van der Waals surface area contributed by atoms with Crippen molar-refractivity contribution in [1.82, 2.24) is 0 Å². The average Bonchev–Trinajstić information content (AvgIpc) is 2.84. The summed E-state index contributed by atoms with van der Waals surface area (Å²) < 4.78 is 0. The molecule has 0 saturated heterocycles. The maximum absolute atomic E-state index is 2.47. The van der Waals surface area contributed by atoms with Gasteiger partial charge in [-0.2, -0.15) is 0 Å². The molecule has 0 bridgehead atoms. The fraction of sp³-hybridized carbons (Fsp3) is 0.526. The Morgan fingerprint density at radius 2 is 1.08 bits per heavy atom. The van der Waals surface area contributed by atoms with Gasteiger partial charge in [0.1, 0.15) is 0 Å². The Hall–Kier alpha value is -2.34. The summed E-state index contributed by atoms with van der Waals surface area (Å²) >= 11 is 0. The zero-order valence-electron chi connectivity index (χ0n) is 26.2. The van der Waals surface area contributed by atoms with Crippen molar-refractivity contribution >= 4 is 0 Å². The summed E-state index contributed by atoms with van der Waals surface area (Å²) in [7, 11) is 0. The molecule has 0 aliphatic carbocycles. The predicted molar refractivity (Wildman–Crippen MR) is 170 cm³/mol. The van der Waals surface area contributed by atoms with E-state index in [4.69, 9.17) is 0 Å². The first-order valence-corrected chi connectivity index (χ1v) is 15.0. The largest absolute Gasteiger partial charge is 0.0654 e. The van der Waals surface area contributed by atoms with Gasteiger partial charge in [-0.25, -0.2) is 0 Å². The van der Waals surface area contributed by atoms with Crippen LogP contribution in [-0.2, 0) is 17.3 Å². The molecular formula is C38H54. The summed E-state index contributed by atoms with van der Waals surface area (Å²) in [5.74, 6) is 0.815. The number of hydrogen-bond acceptors (Lipinski definition) is 0. The number of hydrogen-bond donors (Lipinski definition) is 0. The monoisotopic (exact) mass is 510 g/mol. The second-order valence-corrected chi connectivity index (χ2v) is 14.7. The minimum atomic E-state index is 0.109. The van der Waals surface area contributed by atoms with Crippen molar-refractivity contribution in [3.63, 3.8) is 0 Å². The molecule has 0 amide bonds. The Morgan fingerprint density at radius 3 is 1.58 bits per heavy atom. The number of aryl methyl sites for hydroxylation is 1. The molecule has 206 valence electrons. The Labute approximate surface area is 235 Å². The first kappa shape index (κ1) is 30.2. The highest BCUT2D eigenvalue weighted by Gasteiger charge is 2.23. The zero-order chi connectivity index (χ0) is 28.1. The van der Waals surface area contributed by atoms with Gasteiger partial charge < -0.3 is 0 Å². The van der Waals surface area contributed by atoms with Crippen LogP contribution in [0.15, 0.2) is 66.7 Å². The van der Waals surface area contributed by atoms with Crippen LogP contribution < -0.4 is 0 Å². The quantitative estimate of drug-likeness (QED) is 0.251. The van der Waals surface area contributed by atoms with Gasteiger partial charge in [0.15, 0.2) is 0 Å². The lowest BCUT2D eigenvalue weighted by molar-refractivity contribution is 0.205. The molecule has 1 unspecified atom stereocenters. The lowest BCUT2D eigenvalue weighted by Gasteiger charge is -2.30. The Balaban J connectivity index is 1.98. The summed E-state index contributed by atoms with van der Waals surface area (Å²) in [4.78, 5) is 0. The molecule has 3 aromatic rings. The van der Waals surface area contributed by atoms with Crippen molar-refractivity contribution in [1.29, 1.82) is 0 Å². The molecule has 38 heavy (non-hydrogen) atoms. The Morgan fingerprint density at radius 1 is 0.553 bits per heavy atom. The predicted octanol–water partition coefficient (Wildman–Crippen LogP) is 11.8. The zero-order valence-corrected chi connectivity index (χ0v) is 26.2. The standard InChI is InChI=1S/C38H54/c1-11-17-33(36(2,3)4)21-16-15-18-28-22-30(29-19-13-12-14-20-29)24-31(23-28)32-25-34(37(5,6)7)27-35(26-32)38(8,9)10/h12-14,19-20,22-27,33H,11,15-18,21H2,1-10H3. The Kier molecular flexibility index (Phi) is 9.72. The van der Waals surface area contributed by atoms with Gasteiger partial charge in [-0.3, -0.25) is 0 Å². The van der Waals surface area contributed by atoms with Gasteiger partial charge >= 0.3 is 0 Å². The highest BCUT2D eigenvalue weighted by molar-refractivity contribution is 5.75. The summed E-state index contributed by atoms with van der Waals surface area (Å²) in [5, 5.41) is 0. The molecule has 0 heteroatoms. The van der Waals surface area contributed by atoms with Crippen LogP contribution in [-0.4, -0.2) is 0 Å². The van der Waals surface area contributed by atoms with Crippen LogP contribution in [0.5, 0.6) is 0 Å². The van der Waals surface area contributed by atoms with E-state index in [0.29, 0.717) is 5.41 Å². The van der Waals surface area contributed by atoms with Crippen molar-refractivity contribution in [2.75, 3.05) is 0 Å². The van der Waals surface area contributed by atoms with E-state index in [1.807, 2.05) is 0 Å². The second-order valence-electron chi connectivity index (χ2n) is 14.7. The molecule has 0 spiro atoms. The molecule has 0 aromatic heterocycles.